The molecule has 1 aromatic carbocycles. The van der Waals surface area contributed by atoms with E-state index in [1.807, 2.05) is 14.0 Å². The maximum absolute atomic E-state index is 13.1. The monoisotopic (exact) mass is 268 g/mol. The van der Waals surface area contributed by atoms with Crippen molar-refractivity contribution in [2.45, 2.75) is 25.5 Å². The molecule has 98 valence electrons. The molecule has 0 saturated heterocycles. The summed E-state index contributed by atoms with van der Waals surface area (Å²) in [6, 6.07) is 4.67. The van der Waals surface area contributed by atoms with Crippen LogP contribution in [0.4, 0.5) is 4.39 Å². The van der Waals surface area contributed by atoms with Crippen molar-refractivity contribution in [3.8, 4) is 5.75 Å². The highest BCUT2D eigenvalue weighted by Gasteiger charge is 2.26. The highest BCUT2D eigenvalue weighted by molar-refractivity contribution is 7.80. The maximum atomic E-state index is 13.1. The molecule has 0 saturated carbocycles. The average molecular weight is 268 g/mol. The SMILES string of the molecule is CC(C(N)=S)N(C)CC1Cc2cc(F)ccc2O1. The van der Waals surface area contributed by atoms with E-state index < -0.39 is 0 Å². The maximum Gasteiger partial charge on any atom is 0.123 e. The van der Waals surface area contributed by atoms with Crippen LogP contribution >= 0.6 is 12.2 Å². The molecule has 0 aliphatic carbocycles. The van der Waals surface area contributed by atoms with Crippen LogP contribution in [0.15, 0.2) is 18.2 Å². The number of fused-ring (bicyclic) bond motifs is 1. The van der Waals surface area contributed by atoms with Crippen molar-refractivity contribution < 1.29 is 9.13 Å². The normalized spacial score (nSPS) is 19.4. The third-order valence-electron chi connectivity index (χ3n) is 3.33. The number of nitrogens with two attached hydrogens (primary N) is 1. The number of likely N-dealkylation sites (N-methyl/N-ethyl adjacent to an activating group) is 1. The molecule has 2 unspecified atom stereocenters. The molecular formula is C13H17FN2OS. The lowest BCUT2D eigenvalue weighted by atomic mass is 10.1. The fourth-order valence-corrected chi connectivity index (χ4v) is 2.27. The van der Waals surface area contributed by atoms with Gasteiger partial charge in [-0.1, -0.05) is 12.2 Å². The van der Waals surface area contributed by atoms with Crippen molar-refractivity contribution in [1.29, 1.82) is 0 Å². The number of thiocarbonyl (C=S) groups is 1. The Bertz CT molecular complexity index is 466. The molecule has 0 aromatic heterocycles. The second-order valence-electron chi connectivity index (χ2n) is 4.71. The Labute approximate surface area is 112 Å². The summed E-state index contributed by atoms with van der Waals surface area (Å²) in [7, 11) is 1.96. The second kappa shape index (κ2) is 5.20. The fraction of sp³-hybridized carbons (Fsp3) is 0.462. The van der Waals surface area contributed by atoms with Gasteiger partial charge in [0.1, 0.15) is 17.7 Å². The van der Waals surface area contributed by atoms with E-state index in [4.69, 9.17) is 22.7 Å². The first kappa shape index (κ1) is 13.2. The Morgan fingerprint density at radius 2 is 2.39 bits per heavy atom. The first-order valence-corrected chi connectivity index (χ1v) is 6.33. The summed E-state index contributed by atoms with van der Waals surface area (Å²) in [4.78, 5) is 2.52. The zero-order chi connectivity index (χ0) is 13.3. The lowest BCUT2D eigenvalue weighted by Crippen LogP contribution is -2.43. The van der Waals surface area contributed by atoms with E-state index in [0.717, 1.165) is 24.3 Å². The molecule has 1 aliphatic rings. The molecule has 0 fully saturated rings. The number of ether oxygens (including phenoxy) is 1. The lowest BCUT2D eigenvalue weighted by molar-refractivity contribution is 0.161. The van der Waals surface area contributed by atoms with E-state index in [-0.39, 0.29) is 18.0 Å². The molecule has 2 rings (SSSR count). The molecule has 1 aromatic rings. The zero-order valence-corrected chi connectivity index (χ0v) is 11.3. The van der Waals surface area contributed by atoms with Crippen molar-refractivity contribution in [3.05, 3.63) is 29.6 Å². The van der Waals surface area contributed by atoms with Crippen LogP contribution in [0.5, 0.6) is 5.75 Å². The molecular weight excluding hydrogens is 251 g/mol. The van der Waals surface area contributed by atoms with Crippen molar-refractivity contribution >= 4 is 17.2 Å². The zero-order valence-electron chi connectivity index (χ0n) is 10.5. The molecule has 0 bridgehead atoms. The van der Waals surface area contributed by atoms with Crippen molar-refractivity contribution in [2.75, 3.05) is 13.6 Å². The fourth-order valence-electron chi connectivity index (χ4n) is 2.09. The van der Waals surface area contributed by atoms with Gasteiger partial charge in [0.15, 0.2) is 0 Å². The number of halogens is 1. The van der Waals surface area contributed by atoms with Gasteiger partial charge in [0.2, 0.25) is 0 Å². The Balaban J connectivity index is 1.97. The second-order valence-corrected chi connectivity index (χ2v) is 5.19. The summed E-state index contributed by atoms with van der Waals surface area (Å²) >= 11 is 4.97. The van der Waals surface area contributed by atoms with Gasteiger partial charge in [-0.2, -0.15) is 0 Å². The Kier molecular flexibility index (Phi) is 3.82. The first-order valence-electron chi connectivity index (χ1n) is 5.92. The van der Waals surface area contributed by atoms with Crippen LogP contribution in [-0.4, -0.2) is 35.6 Å². The van der Waals surface area contributed by atoms with Crippen LogP contribution in [0.25, 0.3) is 0 Å². The van der Waals surface area contributed by atoms with E-state index in [2.05, 4.69) is 4.90 Å². The van der Waals surface area contributed by atoms with Gasteiger partial charge in [-0.25, -0.2) is 4.39 Å². The van der Waals surface area contributed by atoms with Crippen molar-refractivity contribution in [2.24, 2.45) is 5.73 Å². The summed E-state index contributed by atoms with van der Waals surface area (Å²) in [5, 5.41) is 0. The minimum absolute atomic E-state index is 0.0311. The predicted molar refractivity (Wildman–Crippen MR) is 73.4 cm³/mol. The Hall–Kier alpha value is -1.20. The minimum atomic E-state index is -0.220. The third kappa shape index (κ3) is 2.79. The smallest absolute Gasteiger partial charge is 0.123 e. The van der Waals surface area contributed by atoms with Crippen LogP contribution < -0.4 is 10.5 Å². The van der Waals surface area contributed by atoms with Crippen LogP contribution in [0.1, 0.15) is 12.5 Å². The highest BCUT2D eigenvalue weighted by Crippen LogP contribution is 2.29. The van der Waals surface area contributed by atoms with E-state index in [1.165, 1.54) is 12.1 Å². The molecule has 0 spiro atoms. The summed E-state index contributed by atoms with van der Waals surface area (Å²) < 4.78 is 18.9. The average Bonchev–Trinajstić information content (AvgIpc) is 2.68. The Morgan fingerprint density at radius 3 is 3.06 bits per heavy atom. The minimum Gasteiger partial charge on any atom is -0.488 e. The highest BCUT2D eigenvalue weighted by atomic mass is 32.1. The number of nitrogens with zero attached hydrogens (tertiary/aromatic N) is 1. The molecule has 1 heterocycles. The van der Waals surface area contributed by atoms with Gasteiger partial charge >= 0.3 is 0 Å². The van der Waals surface area contributed by atoms with Gasteiger partial charge in [-0.05, 0) is 32.2 Å². The van der Waals surface area contributed by atoms with Crippen molar-refractivity contribution in [3.63, 3.8) is 0 Å². The number of hydrogen-bond donors (Lipinski definition) is 1. The number of rotatable bonds is 4. The van der Waals surface area contributed by atoms with E-state index in [1.54, 1.807) is 6.07 Å². The van der Waals surface area contributed by atoms with Gasteiger partial charge < -0.3 is 10.5 Å². The van der Waals surface area contributed by atoms with E-state index in [0.29, 0.717) is 4.99 Å². The third-order valence-corrected chi connectivity index (χ3v) is 3.67. The summed E-state index contributed by atoms with van der Waals surface area (Å²) in [6.45, 7) is 2.68. The molecule has 3 nitrogen and oxygen atoms in total. The molecule has 18 heavy (non-hydrogen) atoms. The molecule has 5 heteroatoms. The molecule has 2 atom stereocenters. The van der Waals surface area contributed by atoms with Crippen molar-refractivity contribution in [1.82, 2.24) is 4.90 Å². The Morgan fingerprint density at radius 1 is 1.67 bits per heavy atom. The van der Waals surface area contributed by atoms with Gasteiger partial charge in [0.05, 0.1) is 11.0 Å². The molecule has 2 N–H and O–H groups in total. The lowest BCUT2D eigenvalue weighted by Gasteiger charge is -2.26. The van der Waals surface area contributed by atoms with Gasteiger partial charge in [-0.15, -0.1) is 0 Å². The first-order chi connectivity index (χ1) is 8.47. The van der Waals surface area contributed by atoms with Crippen LogP contribution in [0, 0.1) is 5.82 Å². The predicted octanol–water partition coefficient (Wildman–Crippen LogP) is 1.74. The number of benzene rings is 1. The van der Waals surface area contributed by atoms with Crippen LogP contribution in [-0.2, 0) is 6.42 Å². The van der Waals surface area contributed by atoms with Gasteiger partial charge in [-0.3, -0.25) is 4.90 Å². The van der Waals surface area contributed by atoms with E-state index in [9.17, 15) is 4.39 Å². The molecule has 0 radical (unpaired) electrons. The molecule has 0 amide bonds. The van der Waals surface area contributed by atoms with Crippen LogP contribution in [0.3, 0.4) is 0 Å². The van der Waals surface area contributed by atoms with Crippen LogP contribution in [0.2, 0.25) is 0 Å². The van der Waals surface area contributed by atoms with E-state index >= 15 is 0 Å². The largest absolute Gasteiger partial charge is 0.488 e. The van der Waals surface area contributed by atoms with Gasteiger partial charge in [0.25, 0.3) is 0 Å². The summed E-state index contributed by atoms with van der Waals surface area (Å²) in [5.41, 5.74) is 6.54. The summed E-state index contributed by atoms with van der Waals surface area (Å²) in [5.74, 6) is 0.556. The standard InChI is InChI=1S/C13H17FN2OS/c1-8(13(15)18)16(2)7-11-6-9-5-10(14)3-4-12(9)17-11/h3-5,8,11H,6-7H2,1-2H3,(H2,15,18). The molecule has 1 aliphatic heterocycles. The quantitative estimate of drug-likeness (QED) is 0.844. The summed E-state index contributed by atoms with van der Waals surface area (Å²) in [6.07, 6.45) is 0.755. The topological polar surface area (TPSA) is 38.5 Å². The number of hydrogen-bond acceptors (Lipinski definition) is 3. The van der Waals surface area contributed by atoms with Gasteiger partial charge in [0, 0.05) is 18.5 Å².